The van der Waals surface area contributed by atoms with Crippen LogP contribution in [0.2, 0.25) is 0 Å². The lowest BCUT2D eigenvalue weighted by molar-refractivity contribution is 0.0748. The van der Waals surface area contributed by atoms with Crippen molar-refractivity contribution in [2.45, 2.75) is 19.8 Å². The van der Waals surface area contributed by atoms with Crippen molar-refractivity contribution < 1.29 is 4.79 Å². The van der Waals surface area contributed by atoms with Gasteiger partial charge in [-0.3, -0.25) is 9.78 Å². The van der Waals surface area contributed by atoms with E-state index in [2.05, 4.69) is 23.7 Å². The van der Waals surface area contributed by atoms with Crippen LogP contribution in [-0.4, -0.2) is 51.9 Å². The van der Waals surface area contributed by atoms with Crippen molar-refractivity contribution in [3.05, 3.63) is 59.9 Å². The molecule has 152 valence electrons. The molecular weight excluding hydrogens is 394 g/mol. The van der Waals surface area contributed by atoms with Gasteiger partial charge in [0.25, 0.3) is 5.91 Å². The molecule has 0 saturated carbocycles. The second kappa shape index (κ2) is 7.65. The number of nitrogens with zero attached hydrogens (tertiary/aromatic N) is 5. The van der Waals surface area contributed by atoms with Crippen LogP contribution in [0.4, 0.5) is 5.13 Å². The number of hydrogen-bond acceptors (Lipinski definition) is 6. The maximum atomic E-state index is 13.4. The second-order valence-electron chi connectivity index (χ2n) is 7.87. The van der Waals surface area contributed by atoms with Crippen molar-refractivity contribution in [2.75, 3.05) is 31.1 Å². The summed E-state index contributed by atoms with van der Waals surface area (Å²) in [5, 5.41) is 1.90. The van der Waals surface area contributed by atoms with Crippen LogP contribution < -0.4 is 4.90 Å². The van der Waals surface area contributed by atoms with E-state index in [1.807, 2.05) is 47.4 Å². The van der Waals surface area contributed by atoms with E-state index in [1.54, 1.807) is 17.5 Å². The van der Waals surface area contributed by atoms with Crippen LogP contribution in [-0.2, 0) is 0 Å². The fraction of sp³-hybridized carbons (Fsp3) is 0.304. The normalized spacial score (nSPS) is 14.8. The van der Waals surface area contributed by atoms with Gasteiger partial charge in [-0.15, -0.1) is 0 Å². The number of carbonyl (C=O) groups excluding carboxylic acids is 1. The smallest absolute Gasteiger partial charge is 0.254 e. The molecule has 0 radical (unpaired) electrons. The minimum atomic E-state index is 0.0844. The Kier molecular flexibility index (Phi) is 4.83. The van der Waals surface area contributed by atoms with Crippen molar-refractivity contribution in [1.29, 1.82) is 0 Å². The Balaban J connectivity index is 1.38. The maximum absolute atomic E-state index is 13.4. The predicted molar refractivity (Wildman–Crippen MR) is 121 cm³/mol. The molecule has 5 rings (SSSR count). The molecule has 1 aliphatic rings. The van der Waals surface area contributed by atoms with E-state index in [4.69, 9.17) is 9.97 Å². The first-order chi connectivity index (χ1) is 14.6. The number of para-hydroxylation sites is 1. The zero-order valence-electron chi connectivity index (χ0n) is 17.1. The lowest BCUT2D eigenvalue weighted by atomic mass is 10.0. The molecule has 1 amide bonds. The summed E-state index contributed by atoms with van der Waals surface area (Å²) >= 11 is 1.61. The van der Waals surface area contributed by atoms with Crippen LogP contribution in [0.15, 0.2) is 48.7 Å². The van der Waals surface area contributed by atoms with Crippen molar-refractivity contribution in [3.8, 4) is 0 Å². The molecule has 30 heavy (non-hydrogen) atoms. The third kappa shape index (κ3) is 3.39. The summed E-state index contributed by atoms with van der Waals surface area (Å²) in [5.74, 6) is 0.353. The van der Waals surface area contributed by atoms with Crippen molar-refractivity contribution >= 4 is 43.6 Å². The minimum Gasteiger partial charge on any atom is -0.344 e. The summed E-state index contributed by atoms with van der Waals surface area (Å²) in [6, 6.07) is 13.8. The number of rotatable bonds is 3. The minimum absolute atomic E-state index is 0.0844. The Morgan fingerprint density at radius 1 is 1.00 bits per heavy atom. The van der Waals surface area contributed by atoms with Gasteiger partial charge >= 0.3 is 0 Å². The fourth-order valence-electron chi connectivity index (χ4n) is 3.83. The highest BCUT2D eigenvalue weighted by atomic mass is 32.1. The summed E-state index contributed by atoms with van der Waals surface area (Å²) in [5.41, 5.74) is 3.52. The average Bonchev–Trinajstić information content (AvgIpc) is 3.22. The Morgan fingerprint density at radius 2 is 1.77 bits per heavy atom. The molecular formula is C23H23N5OS. The number of benzene rings is 1. The molecule has 3 aromatic heterocycles. The number of anilines is 1. The van der Waals surface area contributed by atoms with E-state index in [0.717, 1.165) is 50.7 Å². The van der Waals surface area contributed by atoms with Gasteiger partial charge in [0.2, 0.25) is 0 Å². The quantitative estimate of drug-likeness (QED) is 0.497. The molecule has 0 aliphatic carbocycles. The van der Waals surface area contributed by atoms with Gasteiger partial charge in [-0.1, -0.05) is 43.4 Å². The molecule has 4 aromatic rings. The lowest BCUT2D eigenvalue weighted by Crippen LogP contribution is -2.48. The van der Waals surface area contributed by atoms with E-state index in [9.17, 15) is 4.79 Å². The molecule has 1 aliphatic heterocycles. The van der Waals surface area contributed by atoms with Crippen LogP contribution in [0, 0.1) is 0 Å². The van der Waals surface area contributed by atoms with Crippen LogP contribution in [0.25, 0.3) is 21.3 Å². The van der Waals surface area contributed by atoms with Crippen LogP contribution in [0.1, 0.15) is 35.8 Å². The summed E-state index contributed by atoms with van der Waals surface area (Å²) in [4.78, 5) is 32.4. The average molecular weight is 418 g/mol. The molecule has 0 bridgehead atoms. The fourth-order valence-corrected chi connectivity index (χ4v) is 4.79. The second-order valence-corrected chi connectivity index (χ2v) is 8.83. The first-order valence-corrected chi connectivity index (χ1v) is 11.1. The molecule has 4 heterocycles. The molecule has 1 saturated heterocycles. The van der Waals surface area contributed by atoms with Gasteiger partial charge in [-0.05, 0) is 30.2 Å². The van der Waals surface area contributed by atoms with Gasteiger partial charge in [-0.2, -0.15) is 0 Å². The number of amides is 1. The molecule has 1 fully saturated rings. The predicted octanol–water partition coefficient (Wildman–Crippen LogP) is 4.33. The maximum Gasteiger partial charge on any atom is 0.254 e. The van der Waals surface area contributed by atoms with Crippen molar-refractivity contribution in [3.63, 3.8) is 0 Å². The number of carbonyl (C=O) groups is 1. The van der Waals surface area contributed by atoms with Gasteiger partial charge in [-0.25, -0.2) is 9.97 Å². The number of piperazine rings is 1. The first-order valence-electron chi connectivity index (χ1n) is 10.3. The van der Waals surface area contributed by atoms with E-state index in [0.29, 0.717) is 13.1 Å². The third-order valence-corrected chi connectivity index (χ3v) is 6.59. The Hall–Kier alpha value is -3.06. The number of pyridine rings is 2. The van der Waals surface area contributed by atoms with Crippen LogP contribution >= 0.6 is 11.3 Å². The van der Waals surface area contributed by atoms with Gasteiger partial charge in [0, 0.05) is 43.5 Å². The standard InChI is InChI=1S/C23H23N5OS/c1-15(2)20-14-17(16-6-3-4-7-18(16)25-20)22(29)27-10-12-28(13-11-27)23-26-19-8-5-9-24-21(19)30-23/h3-9,14-15H,10-13H2,1-2H3. The topological polar surface area (TPSA) is 62.2 Å². The molecule has 0 N–H and O–H groups in total. The van der Waals surface area contributed by atoms with Gasteiger partial charge < -0.3 is 9.80 Å². The zero-order chi connectivity index (χ0) is 20.7. The molecule has 0 spiro atoms. The first kappa shape index (κ1) is 18.9. The number of thiazole rings is 1. The molecule has 6 nitrogen and oxygen atoms in total. The lowest BCUT2D eigenvalue weighted by Gasteiger charge is -2.34. The number of fused-ring (bicyclic) bond motifs is 2. The molecule has 0 atom stereocenters. The van der Waals surface area contributed by atoms with Crippen LogP contribution in [0.5, 0.6) is 0 Å². The highest BCUT2D eigenvalue weighted by molar-refractivity contribution is 7.21. The highest BCUT2D eigenvalue weighted by Crippen LogP contribution is 2.28. The van der Waals surface area contributed by atoms with Gasteiger partial charge in [0.05, 0.1) is 11.1 Å². The summed E-state index contributed by atoms with van der Waals surface area (Å²) in [6.45, 7) is 7.11. The van der Waals surface area contributed by atoms with Crippen molar-refractivity contribution in [1.82, 2.24) is 19.9 Å². The zero-order valence-corrected chi connectivity index (χ0v) is 17.9. The largest absolute Gasteiger partial charge is 0.344 e. The van der Waals surface area contributed by atoms with Crippen molar-refractivity contribution in [2.24, 2.45) is 0 Å². The molecule has 1 aromatic carbocycles. The van der Waals surface area contributed by atoms with Gasteiger partial charge in [0.15, 0.2) is 5.13 Å². The van der Waals surface area contributed by atoms with E-state index in [1.165, 1.54) is 0 Å². The number of aromatic nitrogens is 3. The monoisotopic (exact) mass is 417 g/mol. The van der Waals surface area contributed by atoms with E-state index >= 15 is 0 Å². The third-order valence-electron chi connectivity index (χ3n) is 5.55. The summed E-state index contributed by atoms with van der Waals surface area (Å²) in [7, 11) is 0. The SMILES string of the molecule is CC(C)c1cc(C(=O)N2CCN(c3nc4cccnc4s3)CC2)c2ccccc2n1. The Morgan fingerprint density at radius 3 is 2.53 bits per heavy atom. The Labute approximate surface area is 179 Å². The highest BCUT2D eigenvalue weighted by Gasteiger charge is 2.26. The summed E-state index contributed by atoms with van der Waals surface area (Å²) < 4.78 is 0. The Bertz CT molecular complexity index is 1190. The summed E-state index contributed by atoms with van der Waals surface area (Å²) in [6.07, 6.45) is 1.80. The molecule has 0 unspecified atom stereocenters. The molecule has 7 heteroatoms. The van der Waals surface area contributed by atoms with E-state index in [-0.39, 0.29) is 11.8 Å². The van der Waals surface area contributed by atoms with Crippen LogP contribution in [0.3, 0.4) is 0 Å². The van der Waals surface area contributed by atoms with Gasteiger partial charge in [0.1, 0.15) is 10.3 Å². The van der Waals surface area contributed by atoms with E-state index < -0.39 is 0 Å². The number of hydrogen-bond donors (Lipinski definition) is 0.